The minimum Gasteiger partial charge on any atom is -0.0594 e. The normalized spacial score (nSPS) is 53.4. The predicted octanol–water partition coefficient (Wildman–Crippen LogP) is 8.11. The molecule has 6 saturated carbocycles. The molecule has 0 aliphatic heterocycles. The summed E-state index contributed by atoms with van der Waals surface area (Å²) >= 11 is 0. The van der Waals surface area contributed by atoms with Crippen LogP contribution in [0.2, 0.25) is 0 Å². The monoisotopic (exact) mass is 382 g/mol. The molecule has 6 aliphatic carbocycles. The summed E-state index contributed by atoms with van der Waals surface area (Å²) in [5.74, 6) is 11.2. The molecule has 9 unspecified atom stereocenters. The van der Waals surface area contributed by atoms with E-state index in [1.165, 1.54) is 0 Å². The van der Waals surface area contributed by atoms with Crippen LogP contribution >= 0.6 is 0 Å². The van der Waals surface area contributed by atoms with Gasteiger partial charge < -0.3 is 0 Å². The number of hydrogen-bond donors (Lipinski definition) is 0. The van der Waals surface area contributed by atoms with Gasteiger partial charge in [-0.15, -0.1) is 0 Å². The van der Waals surface area contributed by atoms with Crippen LogP contribution in [0.1, 0.15) is 110 Å². The Morgan fingerprint density at radius 1 is 0.500 bits per heavy atom. The van der Waals surface area contributed by atoms with Gasteiger partial charge in [0, 0.05) is 0 Å². The molecule has 9 atom stereocenters. The van der Waals surface area contributed by atoms with Gasteiger partial charge in [0.1, 0.15) is 0 Å². The first-order valence-electron chi connectivity index (χ1n) is 13.6. The fourth-order valence-corrected chi connectivity index (χ4v) is 11.0. The predicted molar refractivity (Wildman–Crippen MR) is 118 cm³/mol. The highest BCUT2D eigenvalue weighted by atomic mass is 14.6. The molecule has 0 heteroatoms. The second kappa shape index (κ2) is 7.02. The lowest BCUT2D eigenvalue weighted by molar-refractivity contribution is 0.0275. The van der Waals surface area contributed by atoms with Crippen LogP contribution in [0.25, 0.3) is 0 Å². The molecule has 0 heterocycles. The standard InChI is InChI=1S/C28H46/c1-28(2,21-14-13-20(17-21)26-16-18-11-12-19(26)15-18)27-24-9-5-3-7-22(24)23-8-4-6-10-25(23)27/h18-27H,3-17H2,1-2H3. The summed E-state index contributed by atoms with van der Waals surface area (Å²) in [5.41, 5.74) is 0.614. The van der Waals surface area contributed by atoms with Gasteiger partial charge in [-0.05, 0) is 129 Å². The molecule has 6 aliphatic rings. The minimum atomic E-state index is 0.614. The van der Waals surface area contributed by atoms with E-state index < -0.39 is 0 Å². The molecule has 6 fully saturated rings. The van der Waals surface area contributed by atoms with Crippen molar-refractivity contribution in [3.8, 4) is 0 Å². The van der Waals surface area contributed by atoms with Gasteiger partial charge in [-0.25, -0.2) is 0 Å². The molecular formula is C28H46. The maximum absolute atomic E-state index is 2.77. The third-order valence-corrected chi connectivity index (χ3v) is 12.0. The van der Waals surface area contributed by atoms with E-state index in [9.17, 15) is 0 Å². The molecule has 2 bridgehead atoms. The first-order valence-corrected chi connectivity index (χ1v) is 13.6. The summed E-state index contributed by atoms with van der Waals surface area (Å²) in [6, 6.07) is 0. The van der Waals surface area contributed by atoms with Crippen molar-refractivity contribution in [3.63, 3.8) is 0 Å². The summed E-state index contributed by atoms with van der Waals surface area (Å²) in [7, 11) is 0. The number of hydrogen-bond acceptors (Lipinski definition) is 0. The molecule has 158 valence electrons. The van der Waals surface area contributed by atoms with Crippen LogP contribution < -0.4 is 0 Å². The summed E-state index contributed by atoms with van der Waals surface area (Å²) in [6.07, 6.45) is 23.8. The summed E-state index contributed by atoms with van der Waals surface area (Å²) in [4.78, 5) is 0. The van der Waals surface area contributed by atoms with E-state index >= 15 is 0 Å². The second-order valence-electron chi connectivity index (χ2n) is 13.2. The van der Waals surface area contributed by atoms with Crippen LogP contribution in [-0.2, 0) is 0 Å². The Morgan fingerprint density at radius 2 is 1.07 bits per heavy atom. The highest BCUT2D eigenvalue weighted by Crippen LogP contribution is 2.65. The first-order chi connectivity index (χ1) is 13.6. The van der Waals surface area contributed by atoms with E-state index in [0.29, 0.717) is 5.41 Å². The molecule has 0 radical (unpaired) electrons. The van der Waals surface area contributed by atoms with Crippen molar-refractivity contribution in [2.75, 3.05) is 0 Å². The Hall–Kier alpha value is 0. The van der Waals surface area contributed by atoms with Crippen molar-refractivity contribution in [1.82, 2.24) is 0 Å². The van der Waals surface area contributed by atoms with E-state index in [2.05, 4.69) is 13.8 Å². The molecule has 0 spiro atoms. The average Bonchev–Trinajstić information content (AvgIpc) is 3.49. The van der Waals surface area contributed by atoms with Gasteiger partial charge >= 0.3 is 0 Å². The van der Waals surface area contributed by atoms with Gasteiger partial charge in [0.05, 0.1) is 0 Å². The van der Waals surface area contributed by atoms with Crippen LogP contribution in [0.5, 0.6) is 0 Å². The fourth-order valence-electron chi connectivity index (χ4n) is 11.0. The summed E-state index contributed by atoms with van der Waals surface area (Å²) < 4.78 is 0. The first kappa shape index (κ1) is 18.7. The zero-order valence-corrected chi connectivity index (χ0v) is 18.9. The lowest BCUT2D eigenvalue weighted by Crippen LogP contribution is -2.39. The quantitative estimate of drug-likeness (QED) is 0.462. The minimum absolute atomic E-state index is 0.614. The van der Waals surface area contributed by atoms with Crippen molar-refractivity contribution in [1.29, 1.82) is 0 Å². The van der Waals surface area contributed by atoms with Gasteiger partial charge in [0.15, 0.2) is 0 Å². The third-order valence-electron chi connectivity index (χ3n) is 12.0. The Balaban J connectivity index is 1.21. The van der Waals surface area contributed by atoms with E-state index in [0.717, 1.165) is 59.2 Å². The molecule has 0 N–H and O–H groups in total. The second-order valence-corrected chi connectivity index (χ2v) is 13.2. The van der Waals surface area contributed by atoms with E-state index in [-0.39, 0.29) is 0 Å². The van der Waals surface area contributed by atoms with E-state index in [1.54, 1.807) is 96.3 Å². The van der Waals surface area contributed by atoms with Crippen LogP contribution in [0, 0.1) is 64.6 Å². The van der Waals surface area contributed by atoms with Crippen LogP contribution in [0.4, 0.5) is 0 Å². The van der Waals surface area contributed by atoms with Crippen LogP contribution in [0.3, 0.4) is 0 Å². The van der Waals surface area contributed by atoms with Crippen molar-refractivity contribution < 1.29 is 0 Å². The maximum atomic E-state index is 2.77. The third kappa shape index (κ3) is 2.81. The highest BCUT2D eigenvalue weighted by Gasteiger charge is 2.58. The van der Waals surface area contributed by atoms with Crippen molar-refractivity contribution in [2.24, 2.45) is 64.6 Å². The SMILES string of the molecule is CC(C)(C1CCC(C2CC3CCC2C3)C1)C1C2CCCCC2C2CCCCC21. The topological polar surface area (TPSA) is 0 Å². The smallest absolute Gasteiger partial charge is 0.0292 e. The van der Waals surface area contributed by atoms with Gasteiger partial charge in [-0.3, -0.25) is 0 Å². The number of fused-ring (bicyclic) bond motifs is 5. The molecule has 6 rings (SSSR count). The molecule has 0 aromatic carbocycles. The van der Waals surface area contributed by atoms with Gasteiger partial charge in [-0.2, -0.15) is 0 Å². The Kier molecular flexibility index (Phi) is 4.70. The maximum Gasteiger partial charge on any atom is -0.0292 e. The van der Waals surface area contributed by atoms with Crippen LogP contribution in [0.15, 0.2) is 0 Å². The average molecular weight is 383 g/mol. The zero-order valence-electron chi connectivity index (χ0n) is 18.9. The van der Waals surface area contributed by atoms with Crippen LogP contribution in [-0.4, -0.2) is 0 Å². The van der Waals surface area contributed by atoms with E-state index in [4.69, 9.17) is 0 Å². The Labute approximate surface area is 175 Å². The Bertz CT molecular complexity index is 553. The molecule has 0 amide bonds. The zero-order chi connectivity index (χ0) is 18.9. The lowest BCUT2D eigenvalue weighted by Gasteiger charge is -2.46. The molecular weight excluding hydrogens is 336 g/mol. The molecule has 0 aromatic heterocycles. The van der Waals surface area contributed by atoms with E-state index in [1.807, 2.05) is 0 Å². The molecule has 0 saturated heterocycles. The molecule has 0 aromatic rings. The summed E-state index contributed by atoms with van der Waals surface area (Å²) in [6.45, 7) is 5.54. The van der Waals surface area contributed by atoms with Gasteiger partial charge in [0.2, 0.25) is 0 Å². The fraction of sp³-hybridized carbons (Fsp3) is 1.00. The highest BCUT2D eigenvalue weighted by molar-refractivity contribution is 5.07. The summed E-state index contributed by atoms with van der Waals surface area (Å²) in [5, 5.41) is 0. The molecule has 0 nitrogen and oxygen atoms in total. The largest absolute Gasteiger partial charge is 0.0594 e. The lowest BCUT2D eigenvalue weighted by atomic mass is 9.59. The van der Waals surface area contributed by atoms with Crippen molar-refractivity contribution in [3.05, 3.63) is 0 Å². The molecule has 28 heavy (non-hydrogen) atoms. The number of rotatable bonds is 3. The van der Waals surface area contributed by atoms with Crippen molar-refractivity contribution >= 4 is 0 Å². The van der Waals surface area contributed by atoms with Crippen molar-refractivity contribution in [2.45, 2.75) is 110 Å². The van der Waals surface area contributed by atoms with Gasteiger partial charge in [-0.1, -0.05) is 46.0 Å². The Morgan fingerprint density at radius 3 is 1.64 bits per heavy atom. The van der Waals surface area contributed by atoms with Gasteiger partial charge in [0.25, 0.3) is 0 Å².